The fourth-order valence-corrected chi connectivity index (χ4v) is 4.50. The SMILES string of the molecule is Cc1ccc(CN(Cc2cc3ccc(C)cc3[nH]c2=O)Cc2nnnn2C[C@@H]2CCCO2)cc1. The van der Waals surface area contributed by atoms with E-state index in [0.29, 0.717) is 26.2 Å². The van der Waals surface area contributed by atoms with Crippen LogP contribution in [0.15, 0.2) is 53.3 Å². The van der Waals surface area contributed by atoms with Gasteiger partial charge in [0, 0.05) is 30.8 Å². The van der Waals surface area contributed by atoms with Crippen molar-refractivity contribution in [2.24, 2.45) is 0 Å². The Kier molecular flexibility index (Phi) is 6.51. The zero-order valence-electron chi connectivity index (χ0n) is 19.7. The monoisotopic (exact) mass is 458 g/mol. The number of tetrazole rings is 1. The van der Waals surface area contributed by atoms with Crippen LogP contribution in [0.25, 0.3) is 10.9 Å². The molecule has 176 valence electrons. The minimum atomic E-state index is -0.0639. The number of hydrogen-bond donors (Lipinski definition) is 1. The summed E-state index contributed by atoms with van der Waals surface area (Å²) in [4.78, 5) is 18.2. The second kappa shape index (κ2) is 9.87. The van der Waals surface area contributed by atoms with Crippen LogP contribution in [0.3, 0.4) is 0 Å². The molecule has 0 bridgehead atoms. The largest absolute Gasteiger partial charge is 0.376 e. The van der Waals surface area contributed by atoms with Gasteiger partial charge >= 0.3 is 0 Å². The highest BCUT2D eigenvalue weighted by molar-refractivity contribution is 5.79. The first-order valence-corrected chi connectivity index (χ1v) is 11.8. The Labute approximate surface area is 198 Å². The van der Waals surface area contributed by atoms with Gasteiger partial charge in [-0.25, -0.2) is 4.68 Å². The van der Waals surface area contributed by atoms with Crippen molar-refractivity contribution in [2.45, 2.75) is 59.0 Å². The highest BCUT2D eigenvalue weighted by Crippen LogP contribution is 2.18. The van der Waals surface area contributed by atoms with Crippen LogP contribution >= 0.6 is 0 Å². The van der Waals surface area contributed by atoms with Gasteiger partial charge in [-0.2, -0.15) is 0 Å². The Morgan fingerprint density at radius 3 is 2.68 bits per heavy atom. The summed E-state index contributed by atoms with van der Waals surface area (Å²) in [6.45, 7) is 7.24. The minimum Gasteiger partial charge on any atom is -0.376 e. The summed E-state index contributed by atoms with van der Waals surface area (Å²) in [7, 11) is 0. The molecular formula is C26H30N6O2. The summed E-state index contributed by atoms with van der Waals surface area (Å²) in [6.07, 6.45) is 2.25. The van der Waals surface area contributed by atoms with E-state index < -0.39 is 0 Å². The third-order valence-corrected chi connectivity index (χ3v) is 6.37. The van der Waals surface area contributed by atoms with Crippen molar-refractivity contribution in [1.82, 2.24) is 30.1 Å². The average Bonchev–Trinajstić information content (AvgIpc) is 3.49. The van der Waals surface area contributed by atoms with Gasteiger partial charge in [-0.15, -0.1) is 5.10 Å². The molecule has 1 aliphatic rings. The standard InChI is InChI=1S/C26H30N6O2/c1-18-5-8-20(9-6-18)14-31(17-25-28-29-30-32(25)16-23-4-3-11-34-23)15-22-13-21-10-7-19(2)12-24(21)27-26(22)33/h5-10,12-13,23H,3-4,11,14-17H2,1-2H3,(H,27,33)/t23-/m0/s1. The number of fused-ring (bicyclic) bond motifs is 1. The van der Waals surface area contributed by atoms with Crippen LogP contribution in [-0.4, -0.2) is 42.8 Å². The molecule has 4 aromatic rings. The molecule has 0 radical (unpaired) electrons. The van der Waals surface area contributed by atoms with E-state index in [-0.39, 0.29) is 11.7 Å². The van der Waals surface area contributed by atoms with Crippen molar-refractivity contribution >= 4 is 10.9 Å². The molecule has 2 aromatic carbocycles. The van der Waals surface area contributed by atoms with Crippen LogP contribution in [0.2, 0.25) is 0 Å². The number of benzene rings is 2. The predicted octanol–water partition coefficient (Wildman–Crippen LogP) is 3.51. The highest BCUT2D eigenvalue weighted by atomic mass is 16.5. The van der Waals surface area contributed by atoms with E-state index in [1.54, 1.807) is 0 Å². The van der Waals surface area contributed by atoms with E-state index in [1.165, 1.54) is 11.1 Å². The predicted molar refractivity (Wildman–Crippen MR) is 130 cm³/mol. The molecule has 1 aliphatic heterocycles. The number of nitrogens with zero attached hydrogens (tertiary/aromatic N) is 5. The van der Waals surface area contributed by atoms with Crippen molar-refractivity contribution in [3.63, 3.8) is 0 Å². The molecule has 0 aliphatic carbocycles. The topological polar surface area (TPSA) is 88.9 Å². The third kappa shape index (κ3) is 5.24. The number of aromatic amines is 1. The number of rotatable bonds is 8. The molecule has 0 amide bonds. The average molecular weight is 459 g/mol. The summed E-state index contributed by atoms with van der Waals surface area (Å²) in [6, 6.07) is 16.6. The molecule has 8 nitrogen and oxygen atoms in total. The van der Waals surface area contributed by atoms with E-state index in [9.17, 15) is 4.79 Å². The molecule has 3 heterocycles. The van der Waals surface area contributed by atoms with E-state index in [0.717, 1.165) is 47.3 Å². The van der Waals surface area contributed by atoms with Crippen molar-refractivity contribution < 1.29 is 4.74 Å². The van der Waals surface area contributed by atoms with Gasteiger partial charge in [-0.1, -0.05) is 42.0 Å². The third-order valence-electron chi connectivity index (χ3n) is 6.37. The fourth-order valence-electron chi connectivity index (χ4n) is 4.50. The Hall–Kier alpha value is -3.36. The zero-order valence-corrected chi connectivity index (χ0v) is 19.7. The van der Waals surface area contributed by atoms with Crippen molar-refractivity contribution in [2.75, 3.05) is 6.61 Å². The molecule has 8 heteroatoms. The molecule has 0 unspecified atom stereocenters. The molecule has 34 heavy (non-hydrogen) atoms. The number of ether oxygens (including phenoxy) is 1. The Balaban J connectivity index is 1.42. The molecule has 0 saturated carbocycles. The van der Waals surface area contributed by atoms with Crippen LogP contribution < -0.4 is 5.56 Å². The van der Waals surface area contributed by atoms with Crippen molar-refractivity contribution in [3.05, 3.63) is 87.0 Å². The van der Waals surface area contributed by atoms with Gasteiger partial charge in [0.2, 0.25) is 0 Å². The van der Waals surface area contributed by atoms with E-state index in [1.807, 2.05) is 23.7 Å². The normalized spacial score (nSPS) is 16.0. The number of aromatic nitrogens is 5. The molecule has 1 N–H and O–H groups in total. The number of H-pyrrole nitrogens is 1. The van der Waals surface area contributed by atoms with E-state index in [4.69, 9.17) is 4.74 Å². The van der Waals surface area contributed by atoms with Gasteiger partial charge in [0.1, 0.15) is 0 Å². The number of aryl methyl sites for hydroxylation is 2. The maximum atomic E-state index is 12.9. The first-order chi connectivity index (χ1) is 16.5. The molecule has 1 atom stereocenters. The summed E-state index contributed by atoms with van der Waals surface area (Å²) < 4.78 is 7.62. The molecule has 0 spiro atoms. The number of pyridine rings is 1. The van der Waals surface area contributed by atoms with Crippen molar-refractivity contribution in [3.8, 4) is 0 Å². The summed E-state index contributed by atoms with van der Waals surface area (Å²) in [5.74, 6) is 0.774. The van der Waals surface area contributed by atoms with E-state index >= 15 is 0 Å². The second-order valence-corrected chi connectivity index (χ2v) is 9.26. The van der Waals surface area contributed by atoms with Gasteiger partial charge in [0.25, 0.3) is 5.56 Å². The van der Waals surface area contributed by atoms with E-state index in [2.05, 4.69) is 68.7 Å². The van der Waals surface area contributed by atoms with Crippen LogP contribution in [0, 0.1) is 13.8 Å². The molecule has 1 saturated heterocycles. The maximum absolute atomic E-state index is 12.9. The molecule has 1 fully saturated rings. The van der Waals surface area contributed by atoms with Gasteiger partial charge in [0.05, 0.1) is 19.2 Å². The number of hydrogen-bond acceptors (Lipinski definition) is 6. The van der Waals surface area contributed by atoms with Gasteiger partial charge in [-0.05, 0) is 65.8 Å². The first-order valence-electron chi connectivity index (χ1n) is 11.8. The van der Waals surface area contributed by atoms with Crippen LogP contribution in [0.1, 0.15) is 40.9 Å². The minimum absolute atomic E-state index is 0.0639. The Bertz CT molecular complexity index is 1320. The number of nitrogens with one attached hydrogen (secondary N) is 1. The lowest BCUT2D eigenvalue weighted by molar-refractivity contribution is 0.0914. The van der Waals surface area contributed by atoms with Crippen LogP contribution in [0.4, 0.5) is 0 Å². The lowest BCUT2D eigenvalue weighted by atomic mass is 10.1. The molecule has 2 aromatic heterocycles. The fraction of sp³-hybridized carbons (Fsp3) is 0.385. The zero-order chi connectivity index (χ0) is 23.5. The summed E-state index contributed by atoms with van der Waals surface area (Å²) in [5, 5.41) is 13.5. The lowest BCUT2D eigenvalue weighted by Crippen LogP contribution is -2.29. The van der Waals surface area contributed by atoms with Crippen LogP contribution in [-0.2, 0) is 30.9 Å². The first kappa shape index (κ1) is 22.4. The van der Waals surface area contributed by atoms with Crippen LogP contribution in [0.5, 0.6) is 0 Å². The summed E-state index contributed by atoms with van der Waals surface area (Å²) >= 11 is 0. The van der Waals surface area contributed by atoms with Gasteiger partial charge in [0.15, 0.2) is 5.82 Å². The Morgan fingerprint density at radius 2 is 1.88 bits per heavy atom. The smallest absolute Gasteiger partial charge is 0.252 e. The maximum Gasteiger partial charge on any atom is 0.252 e. The summed E-state index contributed by atoms with van der Waals surface area (Å²) in [5.41, 5.74) is 5.04. The van der Waals surface area contributed by atoms with Gasteiger partial charge in [-0.3, -0.25) is 9.69 Å². The lowest BCUT2D eigenvalue weighted by Gasteiger charge is -2.22. The second-order valence-electron chi connectivity index (χ2n) is 9.26. The Morgan fingerprint density at radius 1 is 1.06 bits per heavy atom. The molecular weight excluding hydrogens is 428 g/mol. The highest BCUT2D eigenvalue weighted by Gasteiger charge is 2.20. The molecule has 5 rings (SSSR count). The quantitative estimate of drug-likeness (QED) is 0.435. The van der Waals surface area contributed by atoms with Gasteiger partial charge < -0.3 is 9.72 Å². The van der Waals surface area contributed by atoms with Crippen molar-refractivity contribution in [1.29, 1.82) is 0 Å².